The zero-order valence-electron chi connectivity index (χ0n) is 14.0. The van der Waals surface area contributed by atoms with Crippen molar-refractivity contribution in [3.63, 3.8) is 0 Å². The molecule has 2 fully saturated rings. The minimum Gasteiger partial charge on any atom is -0.330 e. The van der Waals surface area contributed by atoms with Gasteiger partial charge in [-0.25, -0.2) is 0 Å². The monoisotopic (exact) mass is 297 g/mol. The van der Waals surface area contributed by atoms with Crippen LogP contribution in [0.4, 0.5) is 0 Å². The standard InChI is InChI=1S/C18H35NS/c1-13-6-5-7-16(10-13)20-17-11-15(18(2,3)4)9-8-14(17)12-19/h13-17H,5-12,19H2,1-4H3. The molecule has 0 aromatic heterocycles. The third kappa shape index (κ3) is 4.40. The van der Waals surface area contributed by atoms with Crippen molar-refractivity contribution in [3.8, 4) is 0 Å². The molecule has 118 valence electrons. The molecular weight excluding hydrogens is 262 g/mol. The molecule has 20 heavy (non-hydrogen) atoms. The highest BCUT2D eigenvalue weighted by Crippen LogP contribution is 2.46. The van der Waals surface area contributed by atoms with Gasteiger partial charge < -0.3 is 5.73 Å². The highest BCUT2D eigenvalue weighted by molar-refractivity contribution is 8.00. The molecule has 0 amide bonds. The summed E-state index contributed by atoms with van der Waals surface area (Å²) in [7, 11) is 0. The van der Waals surface area contributed by atoms with Gasteiger partial charge in [-0.15, -0.1) is 0 Å². The maximum Gasteiger partial charge on any atom is 0.00929 e. The van der Waals surface area contributed by atoms with E-state index in [1.807, 2.05) is 0 Å². The lowest BCUT2D eigenvalue weighted by molar-refractivity contribution is 0.157. The number of hydrogen-bond donors (Lipinski definition) is 1. The second-order valence-electron chi connectivity index (χ2n) is 8.44. The normalized spacial score (nSPS) is 39.8. The molecule has 5 unspecified atom stereocenters. The average Bonchev–Trinajstić information content (AvgIpc) is 2.37. The van der Waals surface area contributed by atoms with Crippen LogP contribution in [-0.4, -0.2) is 17.0 Å². The van der Waals surface area contributed by atoms with Crippen molar-refractivity contribution in [3.05, 3.63) is 0 Å². The summed E-state index contributed by atoms with van der Waals surface area (Å²) < 4.78 is 0. The zero-order valence-corrected chi connectivity index (χ0v) is 14.8. The van der Waals surface area contributed by atoms with Crippen LogP contribution in [0.25, 0.3) is 0 Å². The second-order valence-corrected chi connectivity index (χ2v) is 9.98. The summed E-state index contributed by atoms with van der Waals surface area (Å²) in [4.78, 5) is 0. The second kappa shape index (κ2) is 7.05. The zero-order chi connectivity index (χ0) is 14.8. The Morgan fingerprint density at radius 3 is 2.40 bits per heavy atom. The lowest BCUT2D eigenvalue weighted by Crippen LogP contribution is -2.38. The van der Waals surface area contributed by atoms with Crippen LogP contribution in [0.15, 0.2) is 0 Å². The van der Waals surface area contributed by atoms with Gasteiger partial charge in [0.05, 0.1) is 0 Å². The summed E-state index contributed by atoms with van der Waals surface area (Å²) in [5.41, 5.74) is 6.54. The number of nitrogens with two attached hydrogens (primary N) is 1. The predicted octanol–water partition coefficient (Wildman–Crippen LogP) is 5.09. The van der Waals surface area contributed by atoms with E-state index < -0.39 is 0 Å². The first-order valence-corrected chi connectivity index (χ1v) is 9.70. The molecule has 0 aromatic carbocycles. The molecule has 0 radical (unpaired) electrons. The molecule has 1 nitrogen and oxygen atoms in total. The highest BCUT2D eigenvalue weighted by atomic mass is 32.2. The van der Waals surface area contributed by atoms with Gasteiger partial charge in [-0.2, -0.15) is 11.8 Å². The van der Waals surface area contributed by atoms with Crippen LogP contribution >= 0.6 is 11.8 Å². The lowest BCUT2D eigenvalue weighted by Gasteiger charge is -2.43. The SMILES string of the molecule is CC1CCCC(SC2CC(C(C)(C)C)CCC2CN)C1. The summed E-state index contributed by atoms with van der Waals surface area (Å²) in [5, 5.41) is 1.74. The smallest absolute Gasteiger partial charge is 0.00929 e. The van der Waals surface area contributed by atoms with Crippen molar-refractivity contribution in [2.24, 2.45) is 28.9 Å². The first-order chi connectivity index (χ1) is 9.40. The summed E-state index contributed by atoms with van der Waals surface area (Å²) in [6.07, 6.45) is 9.94. The first-order valence-electron chi connectivity index (χ1n) is 8.75. The fourth-order valence-corrected chi connectivity index (χ4v) is 6.21. The van der Waals surface area contributed by atoms with Gasteiger partial charge in [0.2, 0.25) is 0 Å². The third-order valence-corrected chi connectivity index (χ3v) is 7.45. The summed E-state index contributed by atoms with van der Waals surface area (Å²) in [6, 6.07) is 0. The van der Waals surface area contributed by atoms with Crippen molar-refractivity contribution in [2.75, 3.05) is 6.54 Å². The predicted molar refractivity (Wildman–Crippen MR) is 92.1 cm³/mol. The van der Waals surface area contributed by atoms with Crippen molar-refractivity contribution in [1.82, 2.24) is 0 Å². The van der Waals surface area contributed by atoms with E-state index in [1.54, 1.807) is 0 Å². The quantitative estimate of drug-likeness (QED) is 0.785. The van der Waals surface area contributed by atoms with Crippen molar-refractivity contribution in [1.29, 1.82) is 0 Å². The molecule has 0 saturated heterocycles. The highest BCUT2D eigenvalue weighted by Gasteiger charge is 2.37. The summed E-state index contributed by atoms with van der Waals surface area (Å²) >= 11 is 2.32. The fourth-order valence-electron chi connectivity index (χ4n) is 4.16. The van der Waals surface area contributed by atoms with Crippen molar-refractivity contribution < 1.29 is 0 Å². The topological polar surface area (TPSA) is 26.0 Å². The van der Waals surface area contributed by atoms with Crippen LogP contribution in [0, 0.1) is 23.2 Å². The molecule has 2 aliphatic carbocycles. The van der Waals surface area contributed by atoms with E-state index in [4.69, 9.17) is 5.73 Å². The van der Waals surface area contributed by atoms with Crippen molar-refractivity contribution >= 4 is 11.8 Å². The van der Waals surface area contributed by atoms with E-state index in [2.05, 4.69) is 39.5 Å². The van der Waals surface area contributed by atoms with Crippen LogP contribution in [0.1, 0.15) is 72.6 Å². The molecule has 5 atom stereocenters. The Bertz CT molecular complexity index is 296. The third-order valence-electron chi connectivity index (χ3n) is 5.71. The molecule has 2 saturated carbocycles. The van der Waals surface area contributed by atoms with E-state index >= 15 is 0 Å². The maximum atomic E-state index is 6.07. The maximum absolute atomic E-state index is 6.07. The van der Waals surface area contributed by atoms with Crippen molar-refractivity contribution in [2.45, 2.75) is 83.1 Å². The molecule has 0 aromatic rings. The average molecular weight is 298 g/mol. The minimum atomic E-state index is 0.470. The molecule has 2 N–H and O–H groups in total. The van der Waals surface area contributed by atoms with Gasteiger partial charge >= 0.3 is 0 Å². The molecule has 2 rings (SSSR count). The van der Waals surface area contributed by atoms with Crippen LogP contribution in [-0.2, 0) is 0 Å². The van der Waals surface area contributed by atoms with Gasteiger partial charge in [0.1, 0.15) is 0 Å². The Hall–Kier alpha value is 0.310. The van der Waals surface area contributed by atoms with Crippen LogP contribution < -0.4 is 5.73 Å². The van der Waals surface area contributed by atoms with E-state index in [0.29, 0.717) is 5.41 Å². The van der Waals surface area contributed by atoms with E-state index in [-0.39, 0.29) is 0 Å². The fraction of sp³-hybridized carbons (Fsp3) is 1.00. The largest absolute Gasteiger partial charge is 0.330 e. The number of hydrogen-bond acceptors (Lipinski definition) is 2. The van der Waals surface area contributed by atoms with Crippen LogP contribution in [0.3, 0.4) is 0 Å². The Labute approximate surface area is 130 Å². The summed E-state index contributed by atoms with van der Waals surface area (Å²) in [6.45, 7) is 10.6. The van der Waals surface area contributed by atoms with Gasteiger partial charge in [0, 0.05) is 10.5 Å². The van der Waals surface area contributed by atoms with Gasteiger partial charge in [0.15, 0.2) is 0 Å². The molecule has 0 spiro atoms. The summed E-state index contributed by atoms with van der Waals surface area (Å²) in [5.74, 6) is 2.61. The number of rotatable bonds is 3. The molecule has 0 aliphatic heterocycles. The lowest BCUT2D eigenvalue weighted by atomic mass is 9.69. The Kier molecular flexibility index (Phi) is 5.88. The molecular formula is C18H35NS. The molecule has 0 heterocycles. The van der Waals surface area contributed by atoms with Gasteiger partial charge in [-0.1, -0.05) is 40.5 Å². The first kappa shape index (κ1) is 16.7. The van der Waals surface area contributed by atoms with E-state index in [9.17, 15) is 0 Å². The molecule has 2 aliphatic rings. The Balaban J connectivity index is 1.94. The molecule has 0 bridgehead atoms. The minimum absolute atomic E-state index is 0.470. The molecule has 2 heteroatoms. The van der Waals surface area contributed by atoms with E-state index in [0.717, 1.165) is 34.8 Å². The van der Waals surface area contributed by atoms with Crippen LogP contribution in [0.5, 0.6) is 0 Å². The van der Waals surface area contributed by atoms with Gasteiger partial charge in [-0.05, 0) is 61.8 Å². The Morgan fingerprint density at radius 2 is 1.80 bits per heavy atom. The van der Waals surface area contributed by atoms with E-state index in [1.165, 1.54) is 44.9 Å². The number of thioether (sulfide) groups is 1. The van der Waals surface area contributed by atoms with Gasteiger partial charge in [0.25, 0.3) is 0 Å². The Morgan fingerprint density at radius 1 is 1.05 bits per heavy atom. The van der Waals surface area contributed by atoms with Gasteiger partial charge in [-0.3, -0.25) is 0 Å². The van der Waals surface area contributed by atoms with Crippen LogP contribution in [0.2, 0.25) is 0 Å².